The highest BCUT2D eigenvalue weighted by Crippen LogP contribution is 2.40. The van der Waals surface area contributed by atoms with Crippen LogP contribution in [0.3, 0.4) is 0 Å². The maximum Gasteiger partial charge on any atom is 0.128 e. The molecule has 3 rings (SSSR count). The van der Waals surface area contributed by atoms with E-state index in [1.165, 1.54) is 0 Å². The van der Waals surface area contributed by atoms with E-state index in [-0.39, 0.29) is 11.8 Å². The minimum absolute atomic E-state index is 0.0817. The number of benzene rings is 2. The van der Waals surface area contributed by atoms with Gasteiger partial charge in [0, 0.05) is 16.7 Å². The van der Waals surface area contributed by atoms with Crippen molar-refractivity contribution in [2.75, 3.05) is 11.9 Å². The number of fused-ring (bicyclic) bond motifs is 1. The van der Waals surface area contributed by atoms with Gasteiger partial charge in [0.25, 0.3) is 0 Å². The van der Waals surface area contributed by atoms with Crippen LogP contribution >= 0.6 is 34.8 Å². The van der Waals surface area contributed by atoms with Gasteiger partial charge < -0.3 is 15.2 Å². The van der Waals surface area contributed by atoms with E-state index in [1.807, 2.05) is 6.07 Å². The maximum atomic E-state index is 9.43. The Morgan fingerprint density at radius 3 is 2.50 bits per heavy atom. The minimum atomic E-state index is -0.0817. The molecule has 0 bridgehead atoms. The molecular formula is C14H10Cl3NO2. The van der Waals surface area contributed by atoms with Crippen molar-refractivity contribution < 1.29 is 9.84 Å². The van der Waals surface area contributed by atoms with Crippen LogP contribution in [-0.2, 0) is 0 Å². The standard InChI is InChI=1S/C14H10Cl3NO2/c15-7-3-10(16)14(11(17)4-7)18-12-6-20-13-5-8(19)1-2-9(12)13/h1-5,12,18-19H,6H2. The smallest absolute Gasteiger partial charge is 0.128 e. The van der Waals surface area contributed by atoms with Gasteiger partial charge in [-0.2, -0.15) is 0 Å². The Kier molecular flexibility index (Phi) is 3.59. The Morgan fingerprint density at radius 2 is 1.80 bits per heavy atom. The molecular weight excluding hydrogens is 321 g/mol. The van der Waals surface area contributed by atoms with E-state index in [9.17, 15) is 5.11 Å². The van der Waals surface area contributed by atoms with Crippen LogP contribution in [0.1, 0.15) is 11.6 Å². The lowest BCUT2D eigenvalue weighted by Gasteiger charge is -2.16. The topological polar surface area (TPSA) is 41.5 Å². The molecule has 0 aliphatic carbocycles. The fourth-order valence-corrected chi connectivity index (χ4v) is 3.10. The lowest BCUT2D eigenvalue weighted by molar-refractivity contribution is 0.338. The van der Waals surface area contributed by atoms with Gasteiger partial charge in [-0.3, -0.25) is 0 Å². The lowest BCUT2D eigenvalue weighted by atomic mass is 10.1. The normalized spacial score (nSPS) is 16.6. The number of ether oxygens (including phenoxy) is 1. The molecule has 20 heavy (non-hydrogen) atoms. The number of halogens is 3. The van der Waals surface area contributed by atoms with Gasteiger partial charge >= 0.3 is 0 Å². The zero-order valence-electron chi connectivity index (χ0n) is 10.2. The molecule has 1 unspecified atom stereocenters. The average Bonchev–Trinajstić information content (AvgIpc) is 2.76. The van der Waals surface area contributed by atoms with Gasteiger partial charge in [-0.1, -0.05) is 34.8 Å². The molecule has 0 saturated heterocycles. The lowest BCUT2D eigenvalue weighted by Crippen LogP contribution is -2.12. The SMILES string of the molecule is Oc1ccc2c(c1)OCC2Nc1c(Cl)cc(Cl)cc1Cl. The van der Waals surface area contributed by atoms with Gasteiger partial charge in [-0.05, 0) is 24.3 Å². The van der Waals surface area contributed by atoms with E-state index in [0.29, 0.717) is 33.1 Å². The van der Waals surface area contributed by atoms with Gasteiger partial charge in [-0.25, -0.2) is 0 Å². The molecule has 1 atom stereocenters. The highest BCUT2D eigenvalue weighted by molar-refractivity contribution is 6.41. The van der Waals surface area contributed by atoms with Crippen molar-refractivity contribution in [1.29, 1.82) is 0 Å². The summed E-state index contributed by atoms with van der Waals surface area (Å²) in [6, 6.07) is 8.19. The second-order valence-corrected chi connectivity index (χ2v) is 5.73. The summed E-state index contributed by atoms with van der Waals surface area (Å²) in [5.74, 6) is 0.829. The van der Waals surface area contributed by atoms with Crippen LogP contribution < -0.4 is 10.1 Å². The fourth-order valence-electron chi connectivity index (χ4n) is 2.17. The maximum absolute atomic E-state index is 9.43. The summed E-state index contributed by atoms with van der Waals surface area (Å²) in [4.78, 5) is 0. The molecule has 2 aromatic rings. The number of nitrogens with one attached hydrogen (secondary N) is 1. The van der Waals surface area contributed by atoms with Crippen LogP contribution in [-0.4, -0.2) is 11.7 Å². The second-order valence-electron chi connectivity index (χ2n) is 4.47. The molecule has 0 radical (unpaired) electrons. The van der Waals surface area contributed by atoms with Gasteiger partial charge in [0.05, 0.1) is 21.8 Å². The number of hydrogen-bond acceptors (Lipinski definition) is 3. The van der Waals surface area contributed by atoms with Crippen molar-refractivity contribution in [2.24, 2.45) is 0 Å². The summed E-state index contributed by atoms with van der Waals surface area (Å²) in [6.07, 6.45) is 0. The highest BCUT2D eigenvalue weighted by Gasteiger charge is 2.25. The van der Waals surface area contributed by atoms with E-state index in [1.54, 1.807) is 24.3 Å². The van der Waals surface area contributed by atoms with Crippen molar-refractivity contribution in [1.82, 2.24) is 0 Å². The number of aromatic hydroxyl groups is 1. The molecule has 2 N–H and O–H groups in total. The van der Waals surface area contributed by atoms with Crippen LogP contribution in [0.2, 0.25) is 15.1 Å². The van der Waals surface area contributed by atoms with E-state index in [2.05, 4.69) is 5.32 Å². The second kappa shape index (κ2) is 5.24. The summed E-state index contributed by atoms with van der Waals surface area (Å²) in [5, 5.41) is 14.1. The Morgan fingerprint density at radius 1 is 1.10 bits per heavy atom. The summed E-state index contributed by atoms with van der Waals surface area (Å²) in [6.45, 7) is 0.439. The number of phenolic OH excluding ortho intramolecular Hbond substituents is 1. The van der Waals surface area contributed by atoms with Crippen molar-refractivity contribution in [3.63, 3.8) is 0 Å². The van der Waals surface area contributed by atoms with E-state index in [0.717, 1.165) is 5.56 Å². The predicted molar refractivity (Wildman–Crippen MR) is 81.4 cm³/mol. The Hall–Kier alpha value is -1.29. The zero-order valence-corrected chi connectivity index (χ0v) is 12.4. The van der Waals surface area contributed by atoms with Crippen molar-refractivity contribution in [2.45, 2.75) is 6.04 Å². The van der Waals surface area contributed by atoms with Crippen LogP contribution in [0.15, 0.2) is 30.3 Å². The first-order chi connectivity index (χ1) is 9.54. The van der Waals surface area contributed by atoms with Gasteiger partial charge in [0.15, 0.2) is 0 Å². The number of rotatable bonds is 2. The summed E-state index contributed by atoms with van der Waals surface area (Å²) in [5.41, 5.74) is 1.57. The minimum Gasteiger partial charge on any atom is -0.508 e. The molecule has 0 spiro atoms. The molecule has 1 heterocycles. The average molecular weight is 331 g/mol. The number of hydrogen-bond donors (Lipinski definition) is 2. The number of phenols is 1. The first-order valence-electron chi connectivity index (χ1n) is 5.91. The fraction of sp³-hybridized carbons (Fsp3) is 0.143. The molecule has 0 aromatic heterocycles. The molecule has 2 aromatic carbocycles. The molecule has 6 heteroatoms. The molecule has 3 nitrogen and oxygen atoms in total. The van der Waals surface area contributed by atoms with E-state index in [4.69, 9.17) is 39.5 Å². The quantitative estimate of drug-likeness (QED) is 0.823. The third-order valence-electron chi connectivity index (χ3n) is 3.10. The van der Waals surface area contributed by atoms with Crippen LogP contribution in [0.25, 0.3) is 0 Å². The third kappa shape index (κ3) is 2.49. The van der Waals surface area contributed by atoms with E-state index >= 15 is 0 Å². The van der Waals surface area contributed by atoms with Gasteiger partial charge in [-0.15, -0.1) is 0 Å². The van der Waals surface area contributed by atoms with Gasteiger partial charge in [0.2, 0.25) is 0 Å². The summed E-state index contributed by atoms with van der Waals surface area (Å²) in [7, 11) is 0. The molecule has 1 aliphatic rings. The highest BCUT2D eigenvalue weighted by atomic mass is 35.5. The molecule has 0 saturated carbocycles. The van der Waals surface area contributed by atoms with Crippen molar-refractivity contribution in [3.05, 3.63) is 51.0 Å². The Bertz CT molecular complexity index is 652. The monoisotopic (exact) mass is 329 g/mol. The molecule has 0 fully saturated rings. The van der Waals surface area contributed by atoms with Gasteiger partial charge in [0.1, 0.15) is 18.1 Å². The first-order valence-corrected chi connectivity index (χ1v) is 7.05. The summed E-state index contributed by atoms with van der Waals surface area (Å²) < 4.78 is 5.53. The van der Waals surface area contributed by atoms with Crippen LogP contribution in [0.4, 0.5) is 5.69 Å². The Balaban J connectivity index is 1.91. The first kappa shape index (κ1) is 13.7. The predicted octanol–water partition coefficient (Wildman–Crippen LogP) is 4.90. The molecule has 104 valence electrons. The molecule has 1 aliphatic heterocycles. The Labute approximate surface area is 131 Å². The van der Waals surface area contributed by atoms with Crippen molar-refractivity contribution >= 4 is 40.5 Å². The summed E-state index contributed by atoms with van der Waals surface area (Å²) >= 11 is 18.2. The van der Waals surface area contributed by atoms with Crippen LogP contribution in [0.5, 0.6) is 11.5 Å². The third-order valence-corrected chi connectivity index (χ3v) is 3.92. The number of anilines is 1. The van der Waals surface area contributed by atoms with Crippen molar-refractivity contribution in [3.8, 4) is 11.5 Å². The molecule has 0 amide bonds. The zero-order chi connectivity index (χ0) is 14.3. The van der Waals surface area contributed by atoms with Crippen LogP contribution in [0, 0.1) is 0 Å². The van der Waals surface area contributed by atoms with E-state index < -0.39 is 0 Å². The largest absolute Gasteiger partial charge is 0.508 e.